The number of nitrogens with one attached hydrogen (secondary N) is 1. The van der Waals surface area contributed by atoms with Crippen LogP contribution in [0.15, 0.2) is 36.7 Å². The van der Waals surface area contributed by atoms with E-state index in [1.807, 2.05) is 0 Å². The van der Waals surface area contributed by atoms with Crippen LogP contribution in [-0.2, 0) is 19.5 Å². The summed E-state index contributed by atoms with van der Waals surface area (Å²) in [5.41, 5.74) is 4.01. The number of hydrogen-bond acceptors (Lipinski definition) is 5. The molecule has 1 aromatic heterocycles. The van der Waals surface area contributed by atoms with Crippen molar-refractivity contribution in [1.82, 2.24) is 14.9 Å². The zero-order valence-corrected chi connectivity index (χ0v) is 18.3. The predicted molar refractivity (Wildman–Crippen MR) is 121 cm³/mol. The van der Waals surface area contributed by atoms with Crippen molar-refractivity contribution in [1.29, 1.82) is 0 Å². The highest BCUT2D eigenvalue weighted by molar-refractivity contribution is 5.48. The molecule has 1 unspecified atom stereocenters. The zero-order valence-electron chi connectivity index (χ0n) is 18.3. The summed E-state index contributed by atoms with van der Waals surface area (Å²) in [6.45, 7) is 3.04. The molecule has 4 aliphatic carbocycles. The maximum atomic E-state index is 10.4. The molecule has 5 heteroatoms. The average molecular weight is 419 g/mol. The van der Waals surface area contributed by atoms with E-state index in [0.29, 0.717) is 0 Å². The molecule has 31 heavy (non-hydrogen) atoms. The molecular formula is C26H34N4O. The van der Waals surface area contributed by atoms with Gasteiger partial charge in [-0.15, -0.1) is 0 Å². The minimum absolute atomic E-state index is 0.113. The molecule has 1 aromatic carbocycles. The van der Waals surface area contributed by atoms with Crippen LogP contribution in [0.5, 0.6) is 0 Å². The van der Waals surface area contributed by atoms with E-state index in [9.17, 15) is 5.11 Å². The highest BCUT2D eigenvalue weighted by Gasteiger charge is 2.54. The number of hydrogen-bond donors (Lipinski definition) is 2. The van der Waals surface area contributed by atoms with E-state index >= 15 is 0 Å². The van der Waals surface area contributed by atoms with Gasteiger partial charge in [-0.1, -0.05) is 30.3 Å². The lowest BCUT2D eigenvalue weighted by molar-refractivity contribution is -0.0705. The van der Waals surface area contributed by atoms with Crippen LogP contribution in [0.4, 0.5) is 5.82 Å². The van der Waals surface area contributed by atoms with E-state index in [4.69, 9.17) is 0 Å². The van der Waals surface area contributed by atoms with E-state index in [1.165, 1.54) is 49.7 Å². The molecule has 4 fully saturated rings. The smallest absolute Gasteiger partial charge is 0.133 e. The first-order valence-electron chi connectivity index (χ1n) is 12.2. The minimum atomic E-state index is 0.113. The molecule has 0 saturated heterocycles. The Labute approximate surface area is 185 Å². The number of rotatable bonds is 6. The van der Waals surface area contributed by atoms with Crippen molar-refractivity contribution < 1.29 is 5.11 Å². The van der Waals surface area contributed by atoms with Gasteiger partial charge in [0.25, 0.3) is 0 Å². The largest absolute Gasteiger partial charge is 0.394 e. The summed E-state index contributed by atoms with van der Waals surface area (Å²) in [7, 11) is 0. The van der Waals surface area contributed by atoms with Gasteiger partial charge >= 0.3 is 0 Å². The average Bonchev–Trinajstić information content (AvgIpc) is 2.77. The Bertz CT molecular complexity index is 895. The summed E-state index contributed by atoms with van der Waals surface area (Å²) in [5.74, 6) is 3.62. The third-order valence-corrected chi connectivity index (χ3v) is 8.65. The predicted octanol–water partition coefficient (Wildman–Crippen LogP) is 4.02. The van der Waals surface area contributed by atoms with Gasteiger partial charge in [-0.3, -0.25) is 4.90 Å². The number of nitrogens with zero attached hydrogens (tertiary/aromatic N) is 3. The Hall–Kier alpha value is -1.98. The molecule has 0 radical (unpaired) electrons. The summed E-state index contributed by atoms with van der Waals surface area (Å²) in [6.07, 6.45) is 10.8. The first-order chi connectivity index (χ1) is 15.2. The standard InChI is InChI=1S/C26H34N4O/c31-16-24(26-11-19-8-20(12-26)10-21(9-19)13-26)29-25-22-6-7-30(15-23(22)27-17-28-25)14-18-4-2-1-3-5-18/h1-5,17,19-21,24,31H,6-16H2,(H,27,28,29). The van der Waals surface area contributed by atoms with Crippen LogP contribution >= 0.6 is 0 Å². The monoisotopic (exact) mass is 418 g/mol. The fraction of sp³-hybridized carbons (Fsp3) is 0.615. The number of aliphatic hydroxyl groups is 1. The second-order valence-corrected chi connectivity index (χ2v) is 10.8. The Morgan fingerprint density at radius 2 is 1.74 bits per heavy atom. The van der Waals surface area contributed by atoms with E-state index in [0.717, 1.165) is 55.3 Å². The van der Waals surface area contributed by atoms with Crippen molar-refractivity contribution in [3.05, 3.63) is 53.5 Å². The van der Waals surface area contributed by atoms with Gasteiger partial charge in [-0.05, 0) is 73.7 Å². The molecule has 5 aliphatic rings. The lowest BCUT2D eigenvalue weighted by atomic mass is 9.47. The second kappa shape index (κ2) is 7.86. The molecule has 7 rings (SSSR count). The zero-order chi connectivity index (χ0) is 20.8. The molecule has 164 valence electrons. The molecule has 4 saturated carbocycles. The van der Waals surface area contributed by atoms with Crippen molar-refractivity contribution in [2.75, 3.05) is 18.5 Å². The molecule has 0 amide bonds. The van der Waals surface area contributed by atoms with E-state index in [1.54, 1.807) is 6.33 Å². The molecule has 5 nitrogen and oxygen atoms in total. The van der Waals surface area contributed by atoms with Crippen molar-refractivity contribution >= 4 is 5.82 Å². The van der Waals surface area contributed by atoms with E-state index in [2.05, 4.69) is 50.5 Å². The SMILES string of the molecule is OCC(Nc1ncnc2c1CCN(Cc1ccccc1)C2)C12CC3CC(CC(C3)C1)C2. The Kier molecular flexibility index (Phi) is 4.99. The van der Waals surface area contributed by atoms with Gasteiger partial charge < -0.3 is 10.4 Å². The second-order valence-electron chi connectivity index (χ2n) is 10.8. The topological polar surface area (TPSA) is 61.3 Å². The van der Waals surface area contributed by atoms with E-state index < -0.39 is 0 Å². The minimum Gasteiger partial charge on any atom is -0.394 e. The maximum absolute atomic E-state index is 10.4. The van der Waals surface area contributed by atoms with Gasteiger partial charge in [0.1, 0.15) is 12.1 Å². The van der Waals surface area contributed by atoms with Crippen LogP contribution in [0.25, 0.3) is 0 Å². The first kappa shape index (κ1) is 19.7. The molecule has 1 aliphatic heterocycles. The summed E-state index contributed by atoms with van der Waals surface area (Å²) in [4.78, 5) is 11.8. The number of benzene rings is 1. The van der Waals surface area contributed by atoms with Crippen LogP contribution in [0.3, 0.4) is 0 Å². The molecule has 2 N–H and O–H groups in total. The quantitative estimate of drug-likeness (QED) is 0.742. The Morgan fingerprint density at radius 3 is 2.42 bits per heavy atom. The van der Waals surface area contributed by atoms with Crippen LogP contribution in [0.1, 0.15) is 55.3 Å². The van der Waals surface area contributed by atoms with Crippen molar-refractivity contribution in [3.8, 4) is 0 Å². The fourth-order valence-corrected chi connectivity index (χ4v) is 7.67. The van der Waals surface area contributed by atoms with Crippen molar-refractivity contribution in [2.45, 2.75) is 64.1 Å². The lowest BCUT2D eigenvalue weighted by Crippen LogP contribution is -2.55. The van der Waals surface area contributed by atoms with Gasteiger partial charge in [0.05, 0.1) is 18.3 Å². The molecule has 4 bridgehead atoms. The molecule has 0 spiro atoms. The highest BCUT2D eigenvalue weighted by atomic mass is 16.3. The third kappa shape index (κ3) is 3.66. The van der Waals surface area contributed by atoms with Crippen LogP contribution in [0, 0.1) is 23.2 Å². The molecular weight excluding hydrogens is 384 g/mol. The first-order valence-corrected chi connectivity index (χ1v) is 12.2. The summed E-state index contributed by atoms with van der Waals surface area (Å²) in [5, 5.41) is 14.2. The van der Waals surface area contributed by atoms with Gasteiger partial charge in [0.2, 0.25) is 0 Å². The fourth-order valence-electron chi connectivity index (χ4n) is 7.67. The van der Waals surface area contributed by atoms with E-state index in [-0.39, 0.29) is 18.1 Å². The van der Waals surface area contributed by atoms with Gasteiger partial charge in [-0.25, -0.2) is 9.97 Å². The van der Waals surface area contributed by atoms with Gasteiger partial charge in [0, 0.05) is 25.2 Å². The maximum Gasteiger partial charge on any atom is 0.133 e. The number of aliphatic hydroxyl groups excluding tert-OH is 1. The normalized spacial score (nSPS) is 32.6. The summed E-state index contributed by atoms with van der Waals surface area (Å²) < 4.78 is 0. The van der Waals surface area contributed by atoms with Crippen LogP contribution in [-0.4, -0.2) is 39.2 Å². The third-order valence-electron chi connectivity index (χ3n) is 8.65. The summed E-state index contributed by atoms with van der Waals surface area (Å²) in [6, 6.07) is 10.8. The molecule has 2 heterocycles. The van der Waals surface area contributed by atoms with Crippen LogP contribution < -0.4 is 5.32 Å². The van der Waals surface area contributed by atoms with Gasteiger partial charge in [0.15, 0.2) is 0 Å². The molecule has 1 atom stereocenters. The van der Waals surface area contributed by atoms with Crippen molar-refractivity contribution in [2.24, 2.45) is 23.2 Å². The lowest BCUT2D eigenvalue weighted by Gasteiger charge is -2.59. The summed E-state index contributed by atoms with van der Waals surface area (Å²) >= 11 is 0. The Morgan fingerprint density at radius 1 is 1.03 bits per heavy atom. The highest BCUT2D eigenvalue weighted by Crippen LogP contribution is 2.61. The number of fused-ring (bicyclic) bond motifs is 1. The number of aromatic nitrogens is 2. The van der Waals surface area contributed by atoms with Crippen LogP contribution in [0.2, 0.25) is 0 Å². The molecule has 2 aromatic rings. The number of anilines is 1. The Balaban J connectivity index is 1.20. The van der Waals surface area contributed by atoms with Crippen molar-refractivity contribution in [3.63, 3.8) is 0 Å². The van der Waals surface area contributed by atoms with Gasteiger partial charge in [-0.2, -0.15) is 0 Å².